The van der Waals surface area contributed by atoms with Gasteiger partial charge in [0.15, 0.2) is 0 Å². The second kappa shape index (κ2) is 7.44. The van der Waals surface area contributed by atoms with E-state index in [1.54, 1.807) is 29.2 Å². The van der Waals surface area contributed by atoms with E-state index in [9.17, 15) is 23.6 Å². The number of hydrogen-bond donors (Lipinski definition) is 2. The first-order valence-electron chi connectivity index (χ1n) is 10.5. The number of benzene rings is 2. The normalized spacial score (nSPS) is 22.0. The first kappa shape index (κ1) is 20.2. The van der Waals surface area contributed by atoms with E-state index in [0.29, 0.717) is 35.3 Å². The van der Waals surface area contributed by atoms with E-state index in [4.69, 9.17) is 0 Å². The zero-order valence-electron chi connectivity index (χ0n) is 17.4. The number of nitrogens with one attached hydrogen (secondary N) is 2. The Hall–Kier alpha value is -3.75. The Morgan fingerprint density at radius 2 is 1.94 bits per heavy atom. The smallest absolute Gasteiger partial charge is 0.322 e. The maximum atomic E-state index is 13.5. The van der Waals surface area contributed by atoms with Crippen LogP contribution in [0.1, 0.15) is 41.3 Å². The van der Waals surface area contributed by atoms with Crippen molar-refractivity contribution in [2.45, 2.75) is 44.8 Å². The van der Waals surface area contributed by atoms with Gasteiger partial charge in [-0.2, -0.15) is 0 Å². The third-order valence-corrected chi connectivity index (χ3v) is 6.25. The molecule has 1 fully saturated rings. The highest BCUT2D eigenvalue weighted by Gasteiger charge is 2.39. The molecular formula is C23H21FN4O4. The van der Waals surface area contributed by atoms with Crippen molar-refractivity contribution in [2.24, 2.45) is 0 Å². The van der Waals surface area contributed by atoms with Gasteiger partial charge in [0.2, 0.25) is 11.8 Å². The average Bonchev–Trinajstić information content (AvgIpc) is 3.23. The van der Waals surface area contributed by atoms with E-state index in [0.717, 1.165) is 5.56 Å². The number of rotatable bonds is 2. The Labute approximate surface area is 183 Å². The summed E-state index contributed by atoms with van der Waals surface area (Å²) >= 11 is 0. The summed E-state index contributed by atoms with van der Waals surface area (Å²) in [6.07, 6.45) is 1.05. The third-order valence-electron chi connectivity index (χ3n) is 6.25. The van der Waals surface area contributed by atoms with Gasteiger partial charge in [0.1, 0.15) is 11.9 Å². The molecule has 2 aromatic carbocycles. The monoisotopic (exact) mass is 436 g/mol. The number of carbonyl (C=O) groups excluding carboxylic acids is 4. The molecule has 3 heterocycles. The largest absolute Gasteiger partial charge is 0.326 e. The predicted molar refractivity (Wildman–Crippen MR) is 114 cm³/mol. The number of piperidine rings is 1. The molecule has 2 unspecified atom stereocenters. The summed E-state index contributed by atoms with van der Waals surface area (Å²) in [4.78, 5) is 52.5. The summed E-state index contributed by atoms with van der Waals surface area (Å²) in [7, 11) is 0. The van der Waals surface area contributed by atoms with Crippen LogP contribution in [0.2, 0.25) is 0 Å². The van der Waals surface area contributed by atoms with E-state index in [1.807, 2.05) is 6.92 Å². The van der Waals surface area contributed by atoms with Gasteiger partial charge in [-0.3, -0.25) is 24.6 Å². The Morgan fingerprint density at radius 3 is 2.72 bits per heavy atom. The van der Waals surface area contributed by atoms with E-state index < -0.39 is 11.9 Å². The number of imide groups is 1. The fourth-order valence-corrected chi connectivity index (χ4v) is 4.75. The number of carbonyl (C=O) groups is 4. The van der Waals surface area contributed by atoms with Gasteiger partial charge in [0.25, 0.3) is 5.91 Å². The quantitative estimate of drug-likeness (QED) is 0.707. The summed E-state index contributed by atoms with van der Waals surface area (Å²) < 4.78 is 13.5. The van der Waals surface area contributed by atoms with Crippen molar-refractivity contribution >= 4 is 35.1 Å². The minimum atomic E-state index is -0.687. The lowest BCUT2D eigenvalue weighted by Gasteiger charge is -2.29. The fraction of sp³-hybridized carbons (Fsp3) is 0.304. The maximum absolute atomic E-state index is 13.5. The van der Waals surface area contributed by atoms with Gasteiger partial charge in [-0.15, -0.1) is 0 Å². The molecule has 3 aliphatic heterocycles. The molecule has 2 atom stereocenters. The molecule has 0 spiro atoms. The van der Waals surface area contributed by atoms with Gasteiger partial charge in [0.05, 0.1) is 0 Å². The Morgan fingerprint density at radius 1 is 1.12 bits per heavy atom. The van der Waals surface area contributed by atoms with E-state index in [-0.39, 0.29) is 42.7 Å². The van der Waals surface area contributed by atoms with Crippen LogP contribution in [-0.4, -0.2) is 40.7 Å². The zero-order valence-corrected chi connectivity index (χ0v) is 17.4. The predicted octanol–water partition coefficient (Wildman–Crippen LogP) is 2.57. The highest BCUT2D eigenvalue weighted by molar-refractivity contribution is 6.07. The van der Waals surface area contributed by atoms with Gasteiger partial charge in [-0.25, -0.2) is 9.18 Å². The number of hydrogen-bond acceptors (Lipinski definition) is 4. The van der Waals surface area contributed by atoms with Crippen molar-refractivity contribution in [3.63, 3.8) is 0 Å². The summed E-state index contributed by atoms with van der Waals surface area (Å²) in [5, 5.41) is 5.14. The van der Waals surface area contributed by atoms with Crippen molar-refractivity contribution in [2.75, 3.05) is 10.2 Å². The van der Waals surface area contributed by atoms with Crippen LogP contribution in [0.4, 0.5) is 20.6 Å². The molecule has 1 saturated heterocycles. The molecule has 0 radical (unpaired) electrons. The van der Waals surface area contributed by atoms with Gasteiger partial charge in [0, 0.05) is 35.9 Å². The molecule has 0 bridgehead atoms. The first-order chi connectivity index (χ1) is 15.3. The number of halogens is 1. The lowest BCUT2D eigenvalue weighted by atomic mass is 10.0. The van der Waals surface area contributed by atoms with Crippen LogP contribution in [0.15, 0.2) is 36.4 Å². The van der Waals surface area contributed by atoms with Gasteiger partial charge in [-0.05, 0) is 67.3 Å². The van der Waals surface area contributed by atoms with Crippen molar-refractivity contribution in [1.29, 1.82) is 0 Å². The minimum absolute atomic E-state index is 0.120. The second-order valence-electron chi connectivity index (χ2n) is 8.40. The first-order valence-corrected chi connectivity index (χ1v) is 10.5. The van der Waals surface area contributed by atoms with Gasteiger partial charge >= 0.3 is 6.03 Å². The number of urea groups is 1. The van der Waals surface area contributed by atoms with E-state index in [1.165, 1.54) is 17.0 Å². The summed E-state index contributed by atoms with van der Waals surface area (Å²) in [5.41, 5.74) is 3.16. The van der Waals surface area contributed by atoms with Crippen LogP contribution in [0.5, 0.6) is 0 Å². The molecule has 32 heavy (non-hydrogen) atoms. The summed E-state index contributed by atoms with van der Waals surface area (Å²) in [6, 6.07) is 8.25. The van der Waals surface area contributed by atoms with Crippen LogP contribution < -0.4 is 15.5 Å². The fourth-order valence-electron chi connectivity index (χ4n) is 4.75. The van der Waals surface area contributed by atoms with E-state index >= 15 is 0 Å². The minimum Gasteiger partial charge on any atom is -0.322 e. The molecule has 5 rings (SSSR count). The molecule has 164 valence electrons. The van der Waals surface area contributed by atoms with Crippen LogP contribution in [0.25, 0.3) is 0 Å². The van der Waals surface area contributed by atoms with Gasteiger partial charge in [-0.1, -0.05) is 0 Å². The topological polar surface area (TPSA) is 98.8 Å². The van der Waals surface area contributed by atoms with E-state index in [2.05, 4.69) is 10.6 Å². The maximum Gasteiger partial charge on any atom is 0.326 e. The highest BCUT2D eigenvalue weighted by Crippen LogP contribution is 2.34. The lowest BCUT2D eigenvalue weighted by molar-refractivity contribution is -0.136. The summed E-state index contributed by atoms with van der Waals surface area (Å²) in [6.45, 7) is 2.13. The van der Waals surface area contributed by atoms with Gasteiger partial charge < -0.3 is 10.2 Å². The molecule has 0 saturated carbocycles. The standard InChI is InChI=1S/C23H21FN4O4/c1-12-8-13-9-15(24)2-5-18(13)28(12)23(32)25-16-3-4-17-14(10-16)11-27(22(17)31)19-6-7-20(29)26-21(19)30/h2-5,9-10,12,19H,6-8,11H2,1H3,(H,25,32)(H,26,29,30). The third kappa shape index (κ3) is 3.30. The molecular weight excluding hydrogens is 415 g/mol. The number of amides is 5. The van der Waals surface area contributed by atoms with Crippen LogP contribution in [0, 0.1) is 5.82 Å². The number of anilines is 2. The van der Waals surface area contributed by atoms with Crippen molar-refractivity contribution in [3.05, 3.63) is 58.9 Å². The molecule has 0 aromatic heterocycles. The average molecular weight is 436 g/mol. The Kier molecular flexibility index (Phi) is 4.69. The molecule has 5 amide bonds. The molecule has 8 nitrogen and oxygen atoms in total. The lowest BCUT2D eigenvalue weighted by Crippen LogP contribution is -2.52. The molecule has 2 N–H and O–H groups in total. The zero-order chi connectivity index (χ0) is 22.6. The molecule has 3 aliphatic rings. The van der Waals surface area contributed by atoms with Crippen LogP contribution in [-0.2, 0) is 22.6 Å². The SMILES string of the molecule is CC1Cc2cc(F)ccc2N1C(=O)Nc1ccc2c(c1)CN(C1CCC(=O)NC1=O)C2=O. The Bertz CT molecular complexity index is 1180. The number of nitrogens with zero attached hydrogens (tertiary/aromatic N) is 2. The van der Waals surface area contributed by atoms with Crippen molar-refractivity contribution in [3.8, 4) is 0 Å². The van der Waals surface area contributed by atoms with Crippen molar-refractivity contribution < 1.29 is 23.6 Å². The molecule has 2 aromatic rings. The van der Waals surface area contributed by atoms with Crippen molar-refractivity contribution in [1.82, 2.24) is 10.2 Å². The molecule has 9 heteroatoms. The second-order valence-corrected chi connectivity index (χ2v) is 8.40. The van der Waals surface area contributed by atoms with Crippen LogP contribution >= 0.6 is 0 Å². The van der Waals surface area contributed by atoms with Crippen LogP contribution in [0.3, 0.4) is 0 Å². The highest BCUT2D eigenvalue weighted by atomic mass is 19.1. The molecule has 0 aliphatic carbocycles. The number of fused-ring (bicyclic) bond motifs is 2. The summed E-state index contributed by atoms with van der Waals surface area (Å²) in [5.74, 6) is -1.39. The Balaban J connectivity index is 1.33.